The first-order valence-electron chi connectivity index (χ1n) is 2.66. The minimum Gasteiger partial charge on any atom is -0.450 e. The average molecular weight is 151 g/mol. The van der Waals surface area contributed by atoms with Crippen LogP contribution in [0, 0.1) is 0 Å². The SMILES string of the molecule is O=C(O)OC1(CCl)CC1. The molecule has 1 saturated carbocycles. The molecule has 0 aromatic carbocycles. The van der Waals surface area contributed by atoms with Gasteiger partial charge in [-0.25, -0.2) is 4.79 Å². The van der Waals surface area contributed by atoms with E-state index >= 15 is 0 Å². The Balaban J connectivity index is 2.33. The molecule has 3 nitrogen and oxygen atoms in total. The largest absolute Gasteiger partial charge is 0.506 e. The lowest BCUT2D eigenvalue weighted by molar-refractivity contribution is 0.0492. The number of alkyl halides is 1. The van der Waals surface area contributed by atoms with E-state index in [1.807, 2.05) is 0 Å². The Morgan fingerprint density at radius 2 is 2.33 bits per heavy atom. The molecule has 0 aliphatic heterocycles. The summed E-state index contributed by atoms with van der Waals surface area (Å²) in [5.41, 5.74) is -0.520. The van der Waals surface area contributed by atoms with Crippen molar-refractivity contribution in [1.82, 2.24) is 0 Å². The molecule has 0 aromatic heterocycles. The summed E-state index contributed by atoms with van der Waals surface area (Å²) in [7, 11) is 0. The van der Waals surface area contributed by atoms with Crippen molar-refractivity contribution in [2.24, 2.45) is 0 Å². The summed E-state index contributed by atoms with van der Waals surface area (Å²) < 4.78 is 4.48. The van der Waals surface area contributed by atoms with Crippen LogP contribution >= 0.6 is 11.6 Å². The van der Waals surface area contributed by atoms with Crippen LogP contribution in [0.5, 0.6) is 0 Å². The molecule has 9 heavy (non-hydrogen) atoms. The van der Waals surface area contributed by atoms with Gasteiger partial charge >= 0.3 is 6.16 Å². The van der Waals surface area contributed by atoms with E-state index in [1.54, 1.807) is 0 Å². The third kappa shape index (κ3) is 1.48. The van der Waals surface area contributed by atoms with Gasteiger partial charge in [0.05, 0.1) is 5.88 Å². The van der Waals surface area contributed by atoms with Crippen LogP contribution in [0.1, 0.15) is 12.8 Å². The second-order valence-electron chi connectivity index (χ2n) is 2.18. The minimum atomic E-state index is -1.23. The number of hydrogen-bond acceptors (Lipinski definition) is 2. The summed E-state index contributed by atoms with van der Waals surface area (Å²) in [6, 6.07) is 0. The number of rotatable bonds is 2. The molecule has 0 saturated heterocycles. The van der Waals surface area contributed by atoms with Crippen LogP contribution in [0.25, 0.3) is 0 Å². The van der Waals surface area contributed by atoms with E-state index in [0.29, 0.717) is 0 Å². The molecule has 0 bridgehead atoms. The summed E-state index contributed by atoms with van der Waals surface area (Å²) in [4.78, 5) is 9.93. The maximum Gasteiger partial charge on any atom is 0.506 e. The molecule has 1 aliphatic carbocycles. The van der Waals surface area contributed by atoms with Gasteiger partial charge in [0.1, 0.15) is 5.60 Å². The lowest BCUT2D eigenvalue weighted by atomic mass is 10.4. The lowest BCUT2D eigenvalue weighted by Gasteiger charge is -2.08. The molecule has 0 amide bonds. The van der Waals surface area contributed by atoms with E-state index in [-0.39, 0.29) is 5.88 Å². The average Bonchev–Trinajstić information content (AvgIpc) is 2.48. The molecule has 0 aromatic rings. The zero-order valence-electron chi connectivity index (χ0n) is 4.76. The van der Waals surface area contributed by atoms with Gasteiger partial charge in [0.25, 0.3) is 0 Å². The highest BCUT2D eigenvalue weighted by Gasteiger charge is 2.46. The Kier molecular flexibility index (Phi) is 1.53. The summed E-state index contributed by atoms with van der Waals surface area (Å²) in [5, 5.41) is 8.14. The van der Waals surface area contributed by atoms with Gasteiger partial charge in [-0.05, 0) is 12.8 Å². The molecule has 52 valence electrons. The zero-order valence-corrected chi connectivity index (χ0v) is 5.52. The van der Waals surface area contributed by atoms with E-state index in [1.165, 1.54) is 0 Å². The Hall–Kier alpha value is -0.440. The van der Waals surface area contributed by atoms with Crippen molar-refractivity contribution < 1.29 is 14.6 Å². The van der Waals surface area contributed by atoms with Crippen molar-refractivity contribution in [3.63, 3.8) is 0 Å². The quantitative estimate of drug-likeness (QED) is 0.479. The van der Waals surface area contributed by atoms with Crippen molar-refractivity contribution in [2.75, 3.05) is 5.88 Å². The fraction of sp³-hybridized carbons (Fsp3) is 0.800. The summed E-state index contributed by atoms with van der Waals surface area (Å²) in [6.45, 7) is 0. The van der Waals surface area contributed by atoms with E-state index in [9.17, 15) is 4.79 Å². The van der Waals surface area contributed by atoms with Crippen molar-refractivity contribution in [2.45, 2.75) is 18.4 Å². The summed E-state index contributed by atoms with van der Waals surface area (Å²) in [6.07, 6.45) is 0.305. The second kappa shape index (κ2) is 2.06. The molecular formula is C5H7ClO3. The maximum absolute atomic E-state index is 9.93. The van der Waals surface area contributed by atoms with E-state index < -0.39 is 11.8 Å². The van der Waals surface area contributed by atoms with E-state index in [4.69, 9.17) is 16.7 Å². The molecule has 0 atom stereocenters. The monoisotopic (exact) mass is 150 g/mol. The topological polar surface area (TPSA) is 46.5 Å². The number of carbonyl (C=O) groups is 1. The molecular weight excluding hydrogens is 144 g/mol. The van der Waals surface area contributed by atoms with Crippen LogP contribution in [0.2, 0.25) is 0 Å². The van der Waals surface area contributed by atoms with Crippen LogP contribution in [0.4, 0.5) is 4.79 Å². The van der Waals surface area contributed by atoms with E-state index in [0.717, 1.165) is 12.8 Å². The molecule has 1 aliphatic rings. The van der Waals surface area contributed by atoms with E-state index in [2.05, 4.69) is 4.74 Å². The molecule has 1 rings (SSSR count). The number of ether oxygens (including phenoxy) is 1. The van der Waals surface area contributed by atoms with Gasteiger partial charge in [-0.15, -0.1) is 11.6 Å². The van der Waals surface area contributed by atoms with Crippen LogP contribution < -0.4 is 0 Å². The highest BCUT2D eigenvalue weighted by atomic mass is 35.5. The smallest absolute Gasteiger partial charge is 0.450 e. The van der Waals surface area contributed by atoms with Gasteiger partial charge in [-0.1, -0.05) is 0 Å². The Labute approximate surface area is 57.6 Å². The number of halogens is 1. The molecule has 0 heterocycles. The molecule has 1 fully saturated rings. The normalized spacial score (nSPS) is 21.0. The zero-order chi connectivity index (χ0) is 6.91. The first-order valence-corrected chi connectivity index (χ1v) is 3.20. The molecule has 0 spiro atoms. The van der Waals surface area contributed by atoms with Gasteiger partial charge in [0.15, 0.2) is 0 Å². The highest BCUT2D eigenvalue weighted by Crippen LogP contribution is 2.40. The van der Waals surface area contributed by atoms with Gasteiger partial charge in [-0.3, -0.25) is 0 Å². The van der Waals surface area contributed by atoms with Gasteiger partial charge in [0.2, 0.25) is 0 Å². The third-order valence-electron chi connectivity index (χ3n) is 1.36. The fourth-order valence-electron chi connectivity index (χ4n) is 0.588. The van der Waals surface area contributed by atoms with Gasteiger partial charge < -0.3 is 9.84 Å². The lowest BCUT2D eigenvalue weighted by Crippen LogP contribution is -2.19. The number of hydrogen-bond donors (Lipinski definition) is 1. The second-order valence-corrected chi connectivity index (χ2v) is 2.45. The van der Waals surface area contributed by atoms with Crippen molar-refractivity contribution in [3.05, 3.63) is 0 Å². The van der Waals surface area contributed by atoms with Crippen molar-refractivity contribution in [3.8, 4) is 0 Å². The predicted molar refractivity (Wildman–Crippen MR) is 31.8 cm³/mol. The van der Waals surface area contributed by atoms with Crippen LogP contribution in [0.15, 0.2) is 0 Å². The van der Waals surface area contributed by atoms with Crippen LogP contribution in [-0.4, -0.2) is 22.7 Å². The summed E-state index contributed by atoms with van der Waals surface area (Å²) >= 11 is 5.41. The molecule has 4 heteroatoms. The maximum atomic E-state index is 9.93. The Morgan fingerprint density at radius 1 is 1.78 bits per heavy atom. The number of carboxylic acid groups (broad SMARTS) is 1. The first kappa shape index (κ1) is 6.68. The summed E-state index contributed by atoms with van der Waals surface area (Å²) in [5.74, 6) is 0.277. The van der Waals surface area contributed by atoms with Gasteiger partial charge in [0, 0.05) is 0 Å². The predicted octanol–water partition coefficient (Wildman–Crippen LogP) is 1.45. The minimum absolute atomic E-state index is 0.277. The molecule has 0 radical (unpaired) electrons. The first-order chi connectivity index (χ1) is 4.18. The Morgan fingerprint density at radius 3 is 2.44 bits per heavy atom. The fourth-order valence-corrected chi connectivity index (χ4v) is 0.909. The highest BCUT2D eigenvalue weighted by molar-refractivity contribution is 6.18. The van der Waals surface area contributed by atoms with Crippen molar-refractivity contribution in [1.29, 1.82) is 0 Å². The third-order valence-corrected chi connectivity index (χ3v) is 1.84. The van der Waals surface area contributed by atoms with Crippen LogP contribution in [0.3, 0.4) is 0 Å². The van der Waals surface area contributed by atoms with Crippen LogP contribution in [-0.2, 0) is 4.74 Å². The molecule has 0 unspecified atom stereocenters. The van der Waals surface area contributed by atoms with Gasteiger partial charge in [-0.2, -0.15) is 0 Å². The van der Waals surface area contributed by atoms with Crippen molar-refractivity contribution >= 4 is 17.8 Å². The standard InChI is InChI=1S/C5H7ClO3/c6-3-5(1-2-5)9-4(7)8/h1-3H2,(H,7,8). The molecule has 1 N–H and O–H groups in total. The Bertz CT molecular complexity index is 130.